The number of aromatic carboxylic acids is 1. The van der Waals surface area contributed by atoms with Crippen LogP contribution in [0.25, 0.3) is 0 Å². The molecule has 134 valence electrons. The summed E-state index contributed by atoms with van der Waals surface area (Å²) in [4.78, 5) is 24.8. The highest BCUT2D eigenvalue weighted by molar-refractivity contribution is 7.15. The number of hydrogen-bond donors (Lipinski definition) is 2. The van der Waals surface area contributed by atoms with Crippen LogP contribution in [0.15, 0.2) is 6.07 Å². The van der Waals surface area contributed by atoms with Gasteiger partial charge in [0.15, 0.2) is 0 Å². The molecule has 1 saturated carbocycles. The van der Waals surface area contributed by atoms with Crippen LogP contribution < -0.4 is 5.32 Å². The van der Waals surface area contributed by atoms with Gasteiger partial charge in [-0.15, -0.1) is 11.3 Å². The average Bonchev–Trinajstić information content (AvgIpc) is 3.23. The summed E-state index contributed by atoms with van der Waals surface area (Å²) in [5, 5.41) is 12.2. The molecule has 1 atom stereocenters. The summed E-state index contributed by atoms with van der Waals surface area (Å²) in [6.07, 6.45) is 4.75. The molecule has 3 rings (SSSR count). The minimum atomic E-state index is -1.03. The van der Waals surface area contributed by atoms with Crippen LogP contribution in [0.5, 0.6) is 0 Å². The lowest BCUT2D eigenvalue weighted by Crippen LogP contribution is -2.27. The highest BCUT2D eigenvalue weighted by Crippen LogP contribution is 2.31. The second-order valence-electron chi connectivity index (χ2n) is 6.93. The number of carbonyl (C=O) groups excluding carboxylic acids is 1. The number of thiophene rings is 1. The highest BCUT2D eigenvalue weighted by atomic mass is 32.1. The molecule has 2 aliphatic rings. The van der Waals surface area contributed by atoms with E-state index in [0.717, 1.165) is 50.0 Å². The van der Waals surface area contributed by atoms with Crippen molar-refractivity contribution < 1.29 is 19.4 Å². The lowest BCUT2D eigenvalue weighted by Gasteiger charge is -2.25. The first kappa shape index (κ1) is 18.0. The van der Waals surface area contributed by atoms with E-state index in [1.807, 2.05) is 0 Å². The van der Waals surface area contributed by atoms with Crippen LogP contribution in [0.2, 0.25) is 0 Å². The topological polar surface area (TPSA) is 75.6 Å². The van der Waals surface area contributed by atoms with Gasteiger partial charge in [-0.25, -0.2) is 4.79 Å². The summed E-state index contributed by atoms with van der Waals surface area (Å²) in [6.45, 7) is 3.56. The first-order valence-electron chi connectivity index (χ1n) is 8.80. The molecule has 0 bridgehead atoms. The molecule has 0 aromatic carbocycles. The standard InChI is InChI=1S/C19H23NO4S/c1-12-2-5-14(6-3-12)18(21)20-16-10-15(25-17(16)19(22)23)7-4-13-8-9-24-11-13/h10,12-14H,2-3,5-6,8-9,11H2,1H3,(H,20,21)(H,22,23). The molecule has 2 heterocycles. The number of nitrogens with one attached hydrogen (secondary N) is 1. The van der Waals surface area contributed by atoms with Crippen LogP contribution in [-0.2, 0) is 9.53 Å². The van der Waals surface area contributed by atoms with Gasteiger partial charge >= 0.3 is 5.97 Å². The minimum absolute atomic E-state index is 0.0251. The van der Waals surface area contributed by atoms with E-state index in [-0.39, 0.29) is 22.6 Å². The van der Waals surface area contributed by atoms with Crippen LogP contribution >= 0.6 is 11.3 Å². The van der Waals surface area contributed by atoms with Gasteiger partial charge in [0.05, 0.1) is 17.2 Å². The molecule has 0 radical (unpaired) electrons. The quantitative estimate of drug-likeness (QED) is 0.807. The fourth-order valence-corrected chi connectivity index (χ4v) is 4.10. The van der Waals surface area contributed by atoms with Crippen molar-refractivity contribution in [1.29, 1.82) is 0 Å². The summed E-state index contributed by atoms with van der Waals surface area (Å²) in [7, 11) is 0. The van der Waals surface area contributed by atoms with Crippen LogP contribution in [0.1, 0.15) is 53.6 Å². The molecule has 1 saturated heterocycles. The van der Waals surface area contributed by atoms with Gasteiger partial charge in [-0.2, -0.15) is 0 Å². The monoisotopic (exact) mass is 361 g/mol. The van der Waals surface area contributed by atoms with E-state index in [2.05, 4.69) is 24.1 Å². The van der Waals surface area contributed by atoms with Crippen molar-refractivity contribution in [1.82, 2.24) is 0 Å². The van der Waals surface area contributed by atoms with E-state index < -0.39 is 5.97 Å². The Kier molecular flexibility index (Phi) is 5.77. The normalized spacial score (nSPS) is 25.9. The number of carbonyl (C=O) groups is 2. The summed E-state index contributed by atoms with van der Waals surface area (Å²) >= 11 is 1.11. The zero-order valence-electron chi connectivity index (χ0n) is 14.3. The molecule has 2 N–H and O–H groups in total. The maximum absolute atomic E-state index is 12.5. The maximum Gasteiger partial charge on any atom is 0.348 e. The lowest BCUT2D eigenvalue weighted by atomic mass is 9.82. The molecule has 1 amide bonds. The van der Waals surface area contributed by atoms with E-state index in [9.17, 15) is 14.7 Å². The summed E-state index contributed by atoms with van der Waals surface area (Å²) < 4.78 is 5.29. The molecule has 1 aliphatic carbocycles. The smallest absolute Gasteiger partial charge is 0.348 e. The summed E-state index contributed by atoms with van der Waals surface area (Å²) in [5.74, 6) is 5.91. The van der Waals surface area contributed by atoms with Gasteiger partial charge in [-0.3, -0.25) is 4.79 Å². The Hall–Kier alpha value is -1.84. The molecule has 1 unspecified atom stereocenters. The van der Waals surface area contributed by atoms with Gasteiger partial charge in [0.2, 0.25) is 5.91 Å². The number of rotatable bonds is 3. The molecular formula is C19H23NO4S. The van der Waals surface area contributed by atoms with Crippen molar-refractivity contribution in [2.75, 3.05) is 18.5 Å². The van der Waals surface area contributed by atoms with Crippen molar-refractivity contribution in [2.45, 2.75) is 39.0 Å². The van der Waals surface area contributed by atoms with Gasteiger partial charge < -0.3 is 15.2 Å². The van der Waals surface area contributed by atoms with Crippen LogP contribution in [0.4, 0.5) is 5.69 Å². The number of ether oxygens (including phenoxy) is 1. The van der Waals surface area contributed by atoms with Gasteiger partial charge in [0.1, 0.15) is 4.88 Å². The van der Waals surface area contributed by atoms with E-state index >= 15 is 0 Å². The Labute approximate surface area is 151 Å². The fourth-order valence-electron chi connectivity index (χ4n) is 3.28. The number of anilines is 1. The van der Waals surface area contributed by atoms with Crippen LogP contribution in [0.3, 0.4) is 0 Å². The van der Waals surface area contributed by atoms with Crippen molar-refractivity contribution in [3.8, 4) is 11.8 Å². The Balaban J connectivity index is 1.71. The maximum atomic E-state index is 12.5. The first-order valence-corrected chi connectivity index (χ1v) is 9.62. The molecular weight excluding hydrogens is 338 g/mol. The largest absolute Gasteiger partial charge is 0.477 e. The number of amides is 1. The van der Waals surface area contributed by atoms with Gasteiger partial charge in [-0.1, -0.05) is 18.8 Å². The Morgan fingerprint density at radius 3 is 2.68 bits per heavy atom. The van der Waals surface area contributed by atoms with Crippen molar-refractivity contribution >= 4 is 28.9 Å². The summed E-state index contributed by atoms with van der Waals surface area (Å²) in [5.41, 5.74) is 0.369. The highest BCUT2D eigenvalue weighted by Gasteiger charge is 2.26. The third kappa shape index (κ3) is 4.62. The van der Waals surface area contributed by atoms with Crippen molar-refractivity contribution in [3.05, 3.63) is 15.8 Å². The Morgan fingerprint density at radius 1 is 1.28 bits per heavy atom. The molecule has 1 aromatic rings. The second kappa shape index (κ2) is 8.03. The van der Waals surface area contributed by atoms with Crippen molar-refractivity contribution in [3.63, 3.8) is 0 Å². The lowest BCUT2D eigenvalue weighted by molar-refractivity contribution is -0.121. The molecule has 1 aromatic heterocycles. The molecule has 2 fully saturated rings. The first-order chi connectivity index (χ1) is 12.0. The predicted octanol–water partition coefficient (Wildman–Crippen LogP) is 3.60. The SMILES string of the molecule is CC1CCC(C(=O)Nc2cc(C#CC3CCOC3)sc2C(=O)O)CC1. The number of carboxylic acids is 1. The Morgan fingerprint density at radius 2 is 2.04 bits per heavy atom. The zero-order valence-corrected chi connectivity index (χ0v) is 15.2. The van der Waals surface area contributed by atoms with Crippen molar-refractivity contribution in [2.24, 2.45) is 17.8 Å². The van der Waals surface area contributed by atoms with Gasteiger partial charge in [0.25, 0.3) is 0 Å². The third-order valence-corrected chi connectivity index (χ3v) is 5.94. The van der Waals surface area contributed by atoms with Crippen LogP contribution in [-0.4, -0.2) is 30.2 Å². The number of carboxylic acid groups (broad SMARTS) is 1. The number of hydrogen-bond acceptors (Lipinski definition) is 4. The van der Waals surface area contributed by atoms with E-state index in [1.54, 1.807) is 6.07 Å². The third-order valence-electron chi connectivity index (χ3n) is 4.90. The Bertz CT molecular complexity index is 701. The van der Waals surface area contributed by atoms with E-state index in [0.29, 0.717) is 23.1 Å². The second-order valence-corrected chi connectivity index (χ2v) is 7.99. The summed E-state index contributed by atoms with van der Waals surface area (Å²) in [6, 6.07) is 1.68. The van der Waals surface area contributed by atoms with E-state index in [1.165, 1.54) is 0 Å². The molecule has 6 heteroatoms. The van der Waals surface area contributed by atoms with E-state index in [4.69, 9.17) is 4.74 Å². The average molecular weight is 361 g/mol. The zero-order chi connectivity index (χ0) is 17.8. The van der Waals surface area contributed by atoms with Gasteiger partial charge in [0, 0.05) is 18.4 Å². The molecule has 0 spiro atoms. The molecule has 25 heavy (non-hydrogen) atoms. The molecule has 5 nitrogen and oxygen atoms in total. The minimum Gasteiger partial charge on any atom is -0.477 e. The van der Waals surface area contributed by atoms with Gasteiger partial charge in [-0.05, 0) is 44.1 Å². The van der Waals surface area contributed by atoms with Crippen LogP contribution in [0, 0.1) is 29.6 Å². The fraction of sp³-hybridized carbons (Fsp3) is 0.579. The predicted molar refractivity (Wildman–Crippen MR) is 96.8 cm³/mol. The molecule has 1 aliphatic heterocycles.